The number of aryl methyl sites for hydroxylation is 1. The van der Waals surface area contributed by atoms with Crippen molar-refractivity contribution in [1.29, 1.82) is 0 Å². The predicted octanol–water partition coefficient (Wildman–Crippen LogP) is 6.97. The van der Waals surface area contributed by atoms with Crippen LogP contribution < -0.4 is 4.18 Å². The number of hydrogen-bond donors (Lipinski definition) is 2. The lowest BCUT2D eigenvalue weighted by atomic mass is 10.1. The predicted molar refractivity (Wildman–Crippen MR) is 149 cm³/mol. The average molecular weight is 749 g/mol. The number of benzene rings is 4. The second kappa shape index (κ2) is 14.4. The van der Waals surface area contributed by atoms with E-state index in [9.17, 15) is 64.8 Å². The van der Waals surface area contributed by atoms with Crippen molar-refractivity contribution in [3.05, 3.63) is 78.4 Å². The molecule has 22 heteroatoms. The van der Waals surface area contributed by atoms with Crippen molar-refractivity contribution in [2.75, 3.05) is 0 Å². The van der Waals surface area contributed by atoms with Crippen molar-refractivity contribution in [3.8, 4) is 17.2 Å². The minimum absolute atomic E-state index is 0. The molecule has 2 N–H and O–H groups in total. The number of phenolic OH excluding ortho intramolecular Hbond substituents is 2. The van der Waals surface area contributed by atoms with Gasteiger partial charge in [0.2, 0.25) is 0 Å². The van der Waals surface area contributed by atoms with E-state index in [4.69, 9.17) is 10.2 Å². The number of aromatic hydroxyl groups is 2. The van der Waals surface area contributed by atoms with E-state index in [1.165, 1.54) is 18.2 Å². The largest absolute Gasteiger partial charge is 0.534 e. The topological polar surface area (TPSA) is 161 Å². The van der Waals surface area contributed by atoms with E-state index in [1.807, 2.05) is 28.8 Å². The molecule has 0 aromatic heterocycles. The van der Waals surface area contributed by atoms with E-state index < -0.39 is 46.9 Å². The molecule has 0 atom stereocenters. The van der Waals surface area contributed by atoms with E-state index in [0.29, 0.717) is 5.39 Å². The molecule has 0 radical (unpaired) electrons. The maximum atomic E-state index is 12.2. The van der Waals surface area contributed by atoms with Gasteiger partial charge in [-0.05, 0) is 64.9 Å². The number of fused-ring (bicyclic) bond motifs is 2. The highest BCUT2D eigenvalue weighted by atomic mass is 32.3. The summed E-state index contributed by atoms with van der Waals surface area (Å²) in [5.41, 5.74) is -17.0. The molecule has 0 bridgehead atoms. The fourth-order valence-electron chi connectivity index (χ4n) is 2.99. The van der Waals surface area contributed by atoms with Gasteiger partial charge in [0.15, 0.2) is 0 Å². The minimum Gasteiger partial charge on any atom is -0.508 e. The third-order valence-corrected chi connectivity index (χ3v) is 8.56. The highest BCUT2D eigenvalue weighted by Gasteiger charge is 2.57. The third-order valence-electron chi connectivity index (χ3n) is 5.01. The van der Waals surface area contributed by atoms with Gasteiger partial charge < -0.3 is 14.4 Å². The molecule has 0 fully saturated rings. The van der Waals surface area contributed by atoms with E-state index in [-0.39, 0.29) is 24.7 Å². The number of alkyl halides is 9. The van der Waals surface area contributed by atoms with Gasteiger partial charge in [-0.2, -0.15) is 64.8 Å². The fraction of sp³-hybridized carbons (Fsp3) is 0.200. The van der Waals surface area contributed by atoms with Gasteiger partial charge in [-0.1, -0.05) is 49.4 Å². The van der Waals surface area contributed by atoms with Crippen LogP contribution in [0, 0.1) is 6.92 Å². The van der Waals surface area contributed by atoms with Crippen LogP contribution in [0.2, 0.25) is 0 Å². The van der Waals surface area contributed by atoms with Crippen LogP contribution in [0.5, 0.6) is 17.2 Å². The van der Waals surface area contributed by atoms with Crippen LogP contribution >= 0.6 is 0 Å². The second-order valence-electron chi connectivity index (χ2n) is 8.58. The van der Waals surface area contributed by atoms with Gasteiger partial charge in [-0.3, -0.25) is 0 Å². The summed E-state index contributed by atoms with van der Waals surface area (Å²) in [5, 5.41) is 21.5. The molecule has 0 aliphatic rings. The lowest BCUT2D eigenvalue weighted by molar-refractivity contribution is -0.0586. The summed E-state index contributed by atoms with van der Waals surface area (Å²) in [6.07, 6.45) is 0. The molecular formula is C25H21F9O10S3. The van der Waals surface area contributed by atoms with E-state index in [1.54, 1.807) is 36.4 Å². The van der Waals surface area contributed by atoms with Crippen molar-refractivity contribution < 1.29 is 82.8 Å². The Balaban J connectivity index is 0.000000358. The van der Waals surface area contributed by atoms with E-state index in [0.717, 1.165) is 21.7 Å². The highest BCUT2D eigenvalue weighted by Crippen LogP contribution is 2.32. The summed E-state index contributed by atoms with van der Waals surface area (Å²) < 4.78 is 172. The zero-order valence-electron chi connectivity index (χ0n) is 22.2. The molecule has 0 amide bonds. The van der Waals surface area contributed by atoms with Gasteiger partial charge >= 0.3 is 46.9 Å². The summed E-state index contributed by atoms with van der Waals surface area (Å²) >= 11 is 0. The molecule has 0 spiro atoms. The van der Waals surface area contributed by atoms with Gasteiger partial charge in [0.25, 0.3) is 0 Å². The maximum Gasteiger partial charge on any atom is 0.534 e. The summed E-state index contributed by atoms with van der Waals surface area (Å²) in [6.45, 7) is 1.82. The first-order valence-corrected chi connectivity index (χ1v) is 15.6. The highest BCUT2D eigenvalue weighted by molar-refractivity contribution is 8.00. The van der Waals surface area contributed by atoms with Gasteiger partial charge in [0, 0.05) is 0 Å². The van der Waals surface area contributed by atoms with Crippen LogP contribution in [-0.4, -0.2) is 52.0 Å². The molecule has 4 rings (SSSR count). The number of rotatable bonds is 4. The Kier molecular flexibility index (Phi) is 12.6. The molecule has 0 aliphatic heterocycles. The minimum atomic E-state index is -6.85. The van der Waals surface area contributed by atoms with Gasteiger partial charge in [0.05, 0.1) is 0 Å². The van der Waals surface area contributed by atoms with Gasteiger partial charge in [-0.15, -0.1) is 3.63 Å². The summed E-state index contributed by atoms with van der Waals surface area (Å²) in [7, 11) is -19.3. The Labute approximate surface area is 261 Å². The zero-order valence-corrected chi connectivity index (χ0v) is 24.7. The van der Waals surface area contributed by atoms with Crippen LogP contribution in [0.3, 0.4) is 0 Å². The molecule has 4 aromatic rings. The molecule has 0 saturated carbocycles. The monoisotopic (exact) mass is 748 g/mol. The van der Waals surface area contributed by atoms with Crippen molar-refractivity contribution >= 4 is 51.9 Å². The Morgan fingerprint density at radius 2 is 0.872 bits per heavy atom. The Morgan fingerprint density at radius 3 is 1.28 bits per heavy atom. The molecular weight excluding hydrogens is 727 g/mol. The van der Waals surface area contributed by atoms with Crippen LogP contribution in [0.4, 0.5) is 39.5 Å². The Morgan fingerprint density at radius 1 is 0.511 bits per heavy atom. The smallest absolute Gasteiger partial charge is 0.508 e. The third kappa shape index (κ3) is 11.0. The van der Waals surface area contributed by atoms with Crippen LogP contribution in [-0.2, 0) is 34.0 Å². The van der Waals surface area contributed by atoms with Gasteiger partial charge in [0.1, 0.15) is 17.2 Å². The average Bonchev–Trinajstić information content (AvgIpc) is 2.86. The number of halogens is 9. The SMILES string of the molecule is C.Cc1ccc2ccc(OS(=O)(=O)C(F)(F)F)cc2c1.O=S(=O)(OS(=O)(=O)C(F)(F)F)C(F)(F)F.Oc1ccc2ccc(O)cc2c1. The first-order chi connectivity index (χ1) is 20.6. The first kappa shape index (κ1) is 41.0. The van der Waals surface area contributed by atoms with E-state index in [2.05, 4.69) is 4.18 Å². The van der Waals surface area contributed by atoms with Crippen LogP contribution in [0.15, 0.2) is 72.8 Å². The fourth-order valence-corrected chi connectivity index (χ4v) is 5.00. The number of phenols is 2. The lowest BCUT2D eigenvalue weighted by Gasteiger charge is -2.10. The van der Waals surface area contributed by atoms with Crippen LogP contribution in [0.25, 0.3) is 21.5 Å². The molecule has 0 heterocycles. The molecule has 47 heavy (non-hydrogen) atoms. The van der Waals surface area contributed by atoms with E-state index >= 15 is 0 Å². The standard InChI is InChI=1S/C12H9F3O3S.C10H8O2.C2F6O5S2.CH4/c1-8-2-3-9-4-5-11(7-10(9)6-8)18-19(16,17)12(13,14)15;11-9-3-1-7-2-4-10(12)6-8(7)5-9;3-1(4,5)14(9,10)13-15(11,12)2(6,7)8;/h2-7H,1H3;1-6,11-12H;;1H4. The zero-order chi connectivity index (χ0) is 35.5. The summed E-state index contributed by atoms with van der Waals surface area (Å²) in [6, 6.07) is 19.4. The second-order valence-corrected chi connectivity index (χ2v) is 13.4. The molecule has 0 saturated heterocycles. The first-order valence-electron chi connectivity index (χ1n) is 11.4. The number of hydrogen-bond acceptors (Lipinski definition) is 10. The summed E-state index contributed by atoms with van der Waals surface area (Å²) in [4.78, 5) is 0. The quantitative estimate of drug-likeness (QED) is 0.127. The van der Waals surface area contributed by atoms with Crippen molar-refractivity contribution in [2.45, 2.75) is 30.9 Å². The normalized spacial score (nSPS) is 12.6. The molecule has 0 unspecified atom stereocenters. The van der Waals surface area contributed by atoms with Crippen molar-refractivity contribution in [3.63, 3.8) is 0 Å². The van der Waals surface area contributed by atoms with Crippen molar-refractivity contribution in [1.82, 2.24) is 0 Å². The summed E-state index contributed by atoms with van der Waals surface area (Å²) in [5.74, 6) is 0.0663. The molecule has 10 nitrogen and oxygen atoms in total. The maximum absolute atomic E-state index is 12.2. The molecule has 0 aliphatic carbocycles. The van der Waals surface area contributed by atoms with Gasteiger partial charge in [-0.25, -0.2) is 0 Å². The Bertz CT molecular complexity index is 1960. The lowest BCUT2D eigenvalue weighted by Crippen LogP contribution is -2.34. The Hall–Kier alpha value is -4.02. The van der Waals surface area contributed by atoms with Crippen molar-refractivity contribution in [2.24, 2.45) is 0 Å². The molecule has 4 aromatic carbocycles. The molecule has 262 valence electrons. The van der Waals surface area contributed by atoms with Crippen LogP contribution in [0.1, 0.15) is 13.0 Å².